The molecule has 2 N–H and O–H groups in total. The molecule has 1 aliphatic heterocycles. The Balaban J connectivity index is 1.92. The summed E-state index contributed by atoms with van der Waals surface area (Å²) in [4.78, 5) is 23.7. The first-order valence-electron chi connectivity index (χ1n) is 7.89. The van der Waals surface area contributed by atoms with Crippen LogP contribution >= 0.6 is 11.6 Å². The third-order valence-corrected chi connectivity index (χ3v) is 4.62. The number of esters is 1. The van der Waals surface area contributed by atoms with Crippen LogP contribution in [0.2, 0.25) is 5.02 Å². The average Bonchev–Trinajstić information content (AvgIpc) is 2.55. The van der Waals surface area contributed by atoms with E-state index in [-0.39, 0.29) is 16.5 Å². The number of amides is 1. The number of carbonyl (C=O) groups is 2. The van der Waals surface area contributed by atoms with E-state index in [9.17, 15) is 9.59 Å². The Morgan fingerprint density at radius 2 is 2.26 bits per heavy atom. The third-order valence-electron chi connectivity index (χ3n) is 4.31. The van der Waals surface area contributed by atoms with E-state index in [2.05, 4.69) is 22.3 Å². The van der Waals surface area contributed by atoms with E-state index in [1.54, 1.807) is 18.2 Å². The van der Waals surface area contributed by atoms with Crippen LogP contribution in [0.5, 0.6) is 0 Å². The molecule has 1 aromatic carbocycles. The molecule has 6 heteroatoms. The molecule has 1 fully saturated rings. The first-order chi connectivity index (χ1) is 11.0. The number of piperidine rings is 1. The number of ether oxygens (including phenoxy) is 1. The fourth-order valence-corrected chi connectivity index (χ4v) is 3.16. The van der Waals surface area contributed by atoms with Crippen molar-refractivity contribution in [2.24, 2.45) is 11.8 Å². The van der Waals surface area contributed by atoms with E-state index in [1.807, 2.05) is 0 Å². The van der Waals surface area contributed by atoms with Gasteiger partial charge in [0.05, 0.1) is 17.7 Å². The molecule has 0 bridgehead atoms. The van der Waals surface area contributed by atoms with Gasteiger partial charge in [-0.1, -0.05) is 18.5 Å². The van der Waals surface area contributed by atoms with Crippen molar-refractivity contribution in [1.82, 2.24) is 5.32 Å². The summed E-state index contributed by atoms with van der Waals surface area (Å²) in [5.74, 6) is 0.337. The van der Waals surface area contributed by atoms with Crippen molar-refractivity contribution in [2.75, 3.05) is 25.5 Å². The van der Waals surface area contributed by atoms with E-state index in [0.717, 1.165) is 13.1 Å². The van der Waals surface area contributed by atoms with Crippen molar-refractivity contribution in [3.63, 3.8) is 0 Å². The zero-order valence-electron chi connectivity index (χ0n) is 13.5. The number of rotatable bonds is 5. The minimum Gasteiger partial charge on any atom is -0.465 e. The average molecular weight is 339 g/mol. The summed E-state index contributed by atoms with van der Waals surface area (Å²) in [6.45, 7) is 4.17. The van der Waals surface area contributed by atoms with Crippen LogP contribution in [0.3, 0.4) is 0 Å². The summed E-state index contributed by atoms with van der Waals surface area (Å²) < 4.78 is 4.64. The second-order valence-corrected chi connectivity index (χ2v) is 6.43. The molecule has 126 valence electrons. The molecular weight excluding hydrogens is 316 g/mol. The number of anilines is 1. The summed E-state index contributed by atoms with van der Waals surface area (Å²) in [7, 11) is 1.30. The van der Waals surface area contributed by atoms with E-state index < -0.39 is 5.97 Å². The zero-order chi connectivity index (χ0) is 16.8. The molecule has 5 nitrogen and oxygen atoms in total. The lowest BCUT2D eigenvalue weighted by molar-refractivity contribution is -0.117. The molecule has 0 saturated carbocycles. The lowest BCUT2D eigenvalue weighted by Gasteiger charge is -2.28. The Morgan fingerprint density at radius 1 is 1.48 bits per heavy atom. The van der Waals surface area contributed by atoms with Gasteiger partial charge in [-0.05, 0) is 56.0 Å². The van der Waals surface area contributed by atoms with E-state index in [1.165, 1.54) is 20.0 Å². The normalized spacial score (nSPS) is 19.0. The van der Waals surface area contributed by atoms with Gasteiger partial charge in [0, 0.05) is 12.1 Å². The second-order valence-electron chi connectivity index (χ2n) is 6.02. The Hall–Kier alpha value is -1.59. The van der Waals surface area contributed by atoms with Gasteiger partial charge in [0.15, 0.2) is 0 Å². The van der Waals surface area contributed by atoms with Gasteiger partial charge in [-0.25, -0.2) is 4.79 Å². The van der Waals surface area contributed by atoms with Gasteiger partial charge < -0.3 is 15.4 Å². The van der Waals surface area contributed by atoms with Crippen LogP contribution in [0.25, 0.3) is 0 Å². The van der Waals surface area contributed by atoms with Gasteiger partial charge in [-0.2, -0.15) is 0 Å². The molecule has 0 aromatic heterocycles. The summed E-state index contributed by atoms with van der Waals surface area (Å²) >= 11 is 6.05. The van der Waals surface area contributed by atoms with Crippen molar-refractivity contribution in [3.05, 3.63) is 28.8 Å². The molecule has 1 heterocycles. The number of carbonyl (C=O) groups excluding carboxylic acids is 2. The summed E-state index contributed by atoms with van der Waals surface area (Å²) in [6.07, 6.45) is 2.81. The molecule has 0 radical (unpaired) electrons. The second kappa shape index (κ2) is 8.31. The van der Waals surface area contributed by atoms with Gasteiger partial charge in [0.25, 0.3) is 0 Å². The lowest BCUT2D eigenvalue weighted by atomic mass is 9.85. The smallest absolute Gasteiger partial charge is 0.339 e. The molecule has 1 saturated heterocycles. The maximum Gasteiger partial charge on any atom is 0.339 e. The topological polar surface area (TPSA) is 67.4 Å². The minimum absolute atomic E-state index is 0.0371. The van der Waals surface area contributed by atoms with Crippen LogP contribution in [-0.4, -0.2) is 32.1 Å². The molecule has 2 rings (SSSR count). The van der Waals surface area contributed by atoms with Gasteiger partial charge >= 0.3 is 5.97 Å². The predicted octanol–water partition coefficient (Wildman–Crippen LogP) is 3.09. The molecule has 1 amide bonds. The van der Waals surface area contributed by atoms with Crippen LogP contribution < -0.4 is 10.6 Å². The van der Waals surface area contributed by atoms with Gasteiger partial charge in [0.1, 0.15) is 0 Å². The SMILES string of the molecule is COC(=O)c1ccc(NC(=O)CC(C)C2CCCNC2)cc1Cl. The first kappa shape index (κ1) is 17.8. The molecule has 2 atom stereocenters. The highest BCUT2D eigenvalue weighted by molar-refractivity contribution is 6.33. The van der Waals surface area contributed by atoms with Crippen LogP contribution in [0.1, 0.15) is 36.5 Å². The molecule has 0 aliphatic carbocycles. The molecule has 1 aromatic rings. The minimum atomic E-state index is -0.494. The lowest BCUT2D eigenvalue weighted by Crippen LogP contribution is -2.34. The number of hydrogen-bond acceptors (Lipinski definition) is 4. The van der Waals surface area contributed by atoms with E-state index >= 15 is 0 Å². The molecule has 1 aliphatic rings. The number of benzene rings is 1. The summed E-state index contributed by atoms with van der Waals surface area (Å²) in [6, 6.07) is 4.78. The fraction of sp³-hybridized carbons (Fsp3) is 0.529. The third kappa shape index (κ3) is 4.94. The Labute approximate surface area is 141 Å². The van der Waals surface area contributed by atoms with E-state index in [0.29, 0.717) is 23.9 Å². The Bertz CT molecular complexity index is 571. The quantitative estimate of drug-likeness (QED) is 0.810. The van der Waals surface area contributed by atoms with Gasteiger partial charge in [-0.15, -0.1) is 0 Å². The standard InChI is InChI=1S/C17H23ClN2O3/c1-11(12-4-3-7-19-10-12)8-16(21)20-13-5-6-14(15(18)9-13)17(22)23-2/h5-6,9,11-12,19H,3-4,7-8,10H2,1-2H3,(H,20,21). The number of methoxy groups -OCH3 is 1. The highest BCUT2D eigenvalue weighted by Crippen LogP contribution is 2.25. The van der Waals surface area contributed by atoms with Crippen LogP contribution in [0, 0.1) is 11.8 Å². The fourth-order valence-electron chi connectivity index (χ4n) is 2.90. The van der Waals surface area contributed by atoms with Crippen molar-refractivity contribution in [1.29, 1.82) is 0 Å². The number of halogens is 1. The largest absolute Gasteiger partial charge is 0.465 e. The number of nitrogens with one attached hydrogen (secondary N) is 2. The summed E-state index contributed by atoms with van der Waals surface area (Å²) in [5.41, 5.74) is 0.871. The van der Waals surface area contributed by atoms with Crippen molar-refractivity contribution < 1.29 is 14.3 Å². The summed E-state index contributed by atoms with van der Waals surface area (Å²) in [5, 5.41) is 6.48. The highest BCUT2D eigenvalue weighted by atomic mass is 35.5. The van der Waals surface area contributed by atoms with E-state index in [4.69, 9.17) is 11.6 Å². The monoisotopic (exact) mass is 338 g/mol. The van der Waals surface area contributed by atoms with Crippen molar-refractivity contribution >= 4 is 29.2 Å². The maximum absolute atomic E-state index is 12.2. The molecular formula is C17H23ClN2O3. The Morgan fingerprint density at radius 3 is 2.87 bits per heavy atom. The van der Waals surface area contributed by atoms with Crippen LogP contribution in [-0.2, 0) is 9.53 Å². The molecule has 23 heavy (non-hydrogen) atoms. The van der Waals surface area contributed by atoms with Crippen LogP contribution in [0.4, 0.5) is 5.69 Å². The van der Waals surface area contributed by atoms with Gasteiger partial charge in [-0.3, -0.25) is 4.79 Å². The van der Waals surface area contributed by atoms with Crippen molar-refractivity contribution in [3.8, 4) is 0 Å². The molecule has 2 unspecified atom stereocenters. The highest BCUT2D eigenvalue weighted by Gasteiger charge is 2.22. The Kier molecular flexibility index (Phi) is 6.42. The van der Waals surface area contributed by atoms with Crippen molar-refractivity contribution in [2.45, 2.75) is 26.2 Å². The zero-order valence-corrected chi connectivity index (χ0v) is 14.3. The number of hydrogen-bond donors (Lipinski definition) is 2. The first-order valence-corrected chi connectivity index (χ1v) is 8.27. The van der Waals surface area contributed by atoms with Gasteiger partial charge in [0.2, 0.25) is 5.91 Å². The molecule has 0 spiro atoms. The predicted molar refractivity (Wildman–Crippen MR) is 90.8 cm³/mol. The van der Waals surface area contributed by atoms with Crippen LogP contribution in [0.15, 0.2) is 18.2 Å². The maximum atomic E-state index is 12.2.